The maximum absolute atomic E-state index is 13.2. The molecular weight excluding hydrogens is 638 g/mol. The van der Waals surface area contributed by atoms with Crippen LogP contribution in [-0.2, 0) is 11.2 Å². The average molecular weight is 673 g/mol. The number of hydrogen-bond donors (Lipinski definition) is 1. The molecule has 5 nitrogen and oxygen atoms in total. The smallest absolute Gasteiger partial charge is 0.449 e. The molecule has 0 aliphatic rings. The number of hydrogen-bond acceptors (Lipinski definition) is 4. The third-order valence-electron chi connectivity index (χ3n) is 7.89. The number of rotatable bonds is 15. The van der Waals surface area contributed by atoms with E-state index in [4.69, 9.17) is 27.9 Å². The first-order valence-electron chi connectivity index (χ1n) is 14.7. The average Bonchev–Trinajstić information content (AvgIpc) is 3.03. The Morgan fingerprint density at radius 2 is 1.37 bits per heavy atom. The number of ether oxygens (including phenoxy) is 1. The molecule has 0 heterocycles. The molecular formula is C36H34Cl2F3NO4. The molecule has 0 aromatic heterocycles. The Morgan fingerprint density at radius 3 is 1.91 bits per heavy atom. The zero-order chi connectivity index (χ0) is 33.3. The molecule has 1 atom stereocenters. The SMILES string of the molecule is CN(CCOc1ccc(C(CCc2ccccc2C(=O)O)CC(=O)C(F)(F)F)cc1)CC(c1ccc(Cl)cc1)c1ccc(Cl)cc1. The molecule has 0 bridgehead atoms. The van der Waals surface area contributed by atoms with Crippen LogP contribution >= 0.6 is 23.2 Å². The van der Waals surface area contributed by atoms with Crippen molar-refractivity contribution in [3.8, 4) is 5.75 Å². The number of aryl methyl sites for hydroxylation is 1. The molecule has 0 spiro atoms. The molecule has 46 heavy (non-hydrogen) atoms. The van der Waals surface area contributed by atoms with Gasteiger partial charge in [-0.2, -0.15) is 13.2 Å². The molecule has 0 saturated carbocycles. The molecule has 0 radical (unpaired) electrons. The van der Waals surface area contributed by atoms with Gasteiger partial charge in [0.2, 0.25) is 5.78 Å². The number of carboxylic acids is 1. The van der Waals surface area contributed by atoms with Crippen molar-refractivity contribution in [2.45, 2.75) is 37.3 Å². The Hall–Kier alpha value is -3.85. The molecule has 1 N–H and O–H groups in total. The van der Waals surface area contributed by atoms with Crippen molar-refractivity contribution in [3.63, 3.8) is 0 Å². The lowest BCUT2D eigenvalue weighted by Gasteiger charge is -2.25. The van der Waals surface area contributed by atoms with Gasteiger partial charge >= 0.3 is 12.1 Å². The van der Waals surface area contributed by atoms with E-state index in [0.29, 0.717) is 46.6 Å². The highest BCUT2D eigenvalue weighted by Crippen LogP contribution is 2.32. The van der Waals surface area contributed by atoms with Gasteiger partial charge in [-0.1, -0.05) is 77.8 Å². The maximum Gasteiger partial charge on any atom is 0.449 e. The van der Waals surface area contributed by atoms with Crippen molar-refractivity contribution < 1.29 is 32.6 Å². The summed E-state index contributed by atoms with van der Waals surface area (Å²) >= 11 is 12.2. The van der Waals surface area contributed by atoms with Gasteiger partial charge in [0.1, 0.15) is 12.4 Å². The summed E-state index contributed by atoms with van der Waals surface area (Å²) in [6.07, 6.45) is -5.31. The van der Waals surface area contributed by atoms with Crippen LogP contribution in [-0.4, -0.2) is 54.7 Å². The molecule has 4 aromatic rings. The fourth-order valence-electron chi connectivity index (χ4n) is 5.35. The molecule has 0 saturated heterocycles. The number of likely N-dealkylation sites (N-methyl/N-ethyl adjacent to an activating group) is 1. The van der Waals surface area contributed by atoms with Crippen LogP contribution in [0.15, 0.2) is 97.1 Å². The van der Waals surface area contributed by atoms with Crippen LogP contribution in [0.4, 0.5) is 13.2 Å². The summed E-state index contributed by atoms with van der Waals surface area (Å²) in [4.78, 5) is 25.7. The summed E-state index contributed by atoms with van der Waals surface area (Å²) in [7, 11) is 2.00. The minimum absolute atomic E-state index is 0.0672. The third kappa shape index (κ3) is 10.1. The lowest BCUT2D eigenvalue weighted by atomic mass is 9.87. The molecule has 0 aliphatic carbocycles. The second kappa shape index (κ2) is 16.1. The predicted molar refractivity (Wildman–Crippen MR) is 174 cm³/mol. The highest BCUT2D eigenvalue weighted by molar-refractivity contribution is 6.30. The van der Waals surface area contributed by atoms with Crippen molar-refractivity contribution in [2.24, 2.45) is 0 Å². The van der Waals surface area contributed by atoms with Crippen LogP contribution in [0.1, 0.15) is 57.3 Å². The lowest BCUT2D eigenvalue weighted by Crippen LogP contribution is -2.29. The first kappa shape index (κ1) is 35.0. The third-order valence-corrected chi connectivity index (χ3v) is 8.39. The molecule has 4 aromatic carbocycles. The van der Waals surface area contributed by atoms with Crippen molar-refractivity contribution in [3.05, 3.63) is 135 Å². The number of Topliss-reactive ketones (excluding diaryl/α,β-unsaturated/α-hetero) is 1. The van der Waals surface area contributed by atoms with Crippen LogP contribution in [0, 0.1) is 0 Å². The second-order valence-electron chi connectivity index (χ2n) is 11.2. The lowest BCUT2D eigenvalue weighted by molar-refractivity contribution is -0.171. The van der Waals surface area contributed by atoms with E-state index < -0.39 is 30.3 Å². The van der Waals surface area contributed by atoms with E-state index in [-0.39, 0.29) is 24.3 Å². The Bertz CT molecular complexity index is 1550. The quantitative estimate of drug-likeness (QED) is 0.137. The van der Waals surface area contributed by atoms with E-state index in [2.05, 4.69) is 4.90 Å². The molecule has 10 heteroatoms. The van der Waals surface area contributed by atoms with Gasteiger partial charge in [0.25, 0.3) is 0 Å². The van der Waals surface area contributed by atoms with Crippen LogP contribution in [0.3, 0.4) is 0 Å². The number of halogens is 5. The monoisotopic (exact) mass is 671 g/mol. The normalized spacial score (nSPS) is 12.3. The fraction of sp³-hybridized carbons (Fsp3) is 0.278. The Labute approximate surface area is 276 Å². The number of aromatic carboxylic acids is 1. The number of benzene rings is 4. The van der Waals surface area contributed by atoms with E-state index in [9.17, 15) is 27.9 Å². The largest absolute Gasteiger partial charge is 0.492 e. The molecule has 0 aliphatic heterocycles. The van der Waals surface area contributed by atoms with Crippen LogP contribution in [0.5, 0.6) is 5.75 Å². The van der Waals surface area contributed by atoms with E-state index in [1.807, 2.05) is 55.6 Å². The molecule has 0 amide bonds. The number of carboxylic acid groups (broad SMARTS) is 1. The Morgan fingerprint density at radius 1 is 0.826 bits per heavy atom. The molecule has 242 valence electrons. The second-order valence-corrected chi connectivity index (χ2v) is 12.0. The van der Waals surface area contributed by atoms with Gasteiger partial charge in [0.15, 0.2) is 0 Å². The standard InChI is InChI=1S/C36H34Cl2F3NO4/c1-42(23-33(26-8-14-29(37)15-9-26)27-10-16-30(38)17-11-27)20-21-46-31-18-12-24(13-19-31)28(22-34(43)36(39,40)41)7-6-25-4-2-3-5-32(25)35(44)45/h2-5,8-19,28,33H,6-7,20-23H2,1H3,(H,44,45). The minimum Gasteiger partial charge on any atom is -0.492 e. The van der Waals surface area contributed by atoms with Crippen LogP contribution < -0.4 is 4.74 Å². The minimum atomic E-state index is -4.95. The van der Waals surface area contributed by atoms with E-state index in [1.165, 1.54) is 6.07 Å². The van der Waals surface area contributed by atoms with Gasteiger partial charge in [-0.3, -0.25) is 4.79 Å². The first-order valence-corrected chi connectivity index (χ1v) is 15.5. The van der Waals surface area contributed by atoms with Gasteiger partial charge in [0, 0.05) is 35.5 Å². The number of carbonyl (C=O) groups excluding carboxylic acids is 1. The van der Waals surface area contributed by atoms with Crippen molar-refractivity contribution in [1.82, 2.24) is 4.90 Å². The van der Waals surface area contributed by atoms with Crippen molar-refractivity contribution in [2.75, 3.05) is 26.7 Å². The summed E-state index contributed by atoms with van der Waals surface area (Å²) < 4.78 is 45.5. The van der Waals surface area contributed by atoms with Crippen LogP contribution in [0.2, 0.25) is 10.0 Å². The number of ketones is 1. The van der Waals surface area contributed by atoms with E-state index in [1.54, 1.807) is 42.5 Å². The van der Waals surface area contributed by atoms with E-state index >= 15 is 0 Å². The predicted octanol–water partition coefficient (Wildman–Crippen LogP) is 9.07. The molecule has 0 fully saturated rings. The van der Waals surface area contributed by atoms with Gasteiger partial charge in [0.05, 0.1) is 5.56 Å². The Balaban J connectivity index is 1.39. The zero-order valence-electron chi connectivity index (χ0n) is 25.1. The fourth-order valence-corrected chi connectivity index (χ4v) is 5.61. The van der Waals surface area contributed by atoms with Gasteiger partial charge in [-0.25, -0.2) is 4.79 Å². The first-order chi connectivity index (χ1) is 21.9. The highest BCUT2D eigenvalue weighted by atomic mass is 35.5. The summed E-state index contributed by atoms with van der Waals surface area (Å²) in [6, 6.07) is 28.5. The summed E-state index contributed by atoms with van der Waals surface area (Å²) in [5, 5.41) is 10.8. The van der Waals surface area contributed by atoms with Crippen molar-refractivity contribution >= 4 is 35.0 Å². The summed E-state index contributed by atoms with van der Waals surface area (Å²) in [5.41, 5.74) is 3.35. The summed E-state index contributed by atoms with van der Waals surface area (Å²) in [6.45, 7) is 1.67. The topological polar surface area (TPSA) is 66.8 Å². The van der Waals surface area contributed by atoms with Crippen LogP contribution in [0.25, 0.3) is 0 Å². The number of nitrogens with zero attached hydrogens (tertiary/aromatic N) is 1. The van der Waals surface area contributed by atoms with E-state index in [0.717, 1.165) is 11.1 Å². The van der Waals surface area contributed by atoms with Crippen molar-refractivity contribution in [1.29, 1.82) is 0 Å². The number of alkyl halides is 3. The zero-order valence-corrected chi connectivity index (χ0v) is 26.7. The van der Waals surface area contributed by atoms with Gasteiger partial charge in [-0.05, 0) is 90.5 Å². The molecule has 4 rings (SSSR count). The number of carbonyl (C=O) groups is 2. The highest BCUT2D eigenvalue weighted by Gasteiger charge is 2.39. The van der Waals surface area contributed by atoms with Gasteiger partial charge in [-0.15, -0.1) is 0 Å². The summed E-state index contributed by atoms with van der Waals surface area (Å²) in [5.74, 6) is -3.08. The molecule has 1 unspecified atom stereocenters. The maximum atomic E-state index is 13.2. The van der Waals surface area contributed by atoms with Gasteiger partial charge < -0.3 is 14.7 Å². The Kier molecular flexibility index (Phi) is 12.3.